The molecule has 0 fully saturated rings. The number of pyridine rings is 1. The lowest BCUT2D eigenvalue weighted by atomic mass is 10.1. The van der Waals surface area contributed by atoms with Gasteiger partial charge in [-0.3, -0.25) is 4.40 Å². The van der Waals surface area contributed by atoms with E-state index in [1.165, 1.54) is 6.20 Å². The highest BCUT2D eigenvalue weighted by molar-refractivity contribution is 5.99. The van der Waals surface area contributed by atoms with Crippen LogP contribution < -0.4 is 4.74 Å². The highest BCUT2D eigenvalue weighted by Crippen LogP contribution is 2.28. The summed E-state index contributed by atoms with van der Waals surface area (Å²) in [5, 5.41) is 10.8. The smallest absolute Gasteiger partial charge is 0.354 e. The molecular formula is C13H10N2O3. The van der Waals surface area contributed by atoms with Crippen LogP contribution in [-0.4, -0.2) is 27.6 Å². The average Bonchev–Trinajstić information content (AvgIpc) is 2.82. The minimum absolute atomic E-state index is 0.148. The van der Waals surface area contributed by atoms with Crippen LogP contribution >= 0.6 is 0 Å². The molecule has 2 aromatic heterocycles. The van der Waals surface area contributed by atoms with Crippen LogP contribution in [0.5, 0.6) is 5.75 Å². The van der Waals surface area contributed by atoms with Gasteiger partial charge in [0.05, 0.1) is 13.3 Å². The number of carboxylic acids is 1. The van der Waals surface area contributed by atoms with Gasteiger partial charge in [0.1, 0.15) is 11.4 Å². The minimum atomic E-state index is -0.996. The number of benzene rings is 1. The molecule has 2 heterocycles. The normalized spacial score (nSPS) is 10.9. The summed E-state index contributed by atoms with van der Waals surface area (Å²) < 4.78 is 6.84. The average molecular weight is 242 g/mol. The van der Waals surface area contributed by atoms with Crippen molar-refractivity contribution < 1.29 is 14.6 Å². The maximum atomic E-state index is 11.0. The van der Waals surface area contributed by atoms with E-state index in [2.05, 4.69) is 4.98 Å². The Balaban J connectivity index is 2.44. The van der Waals surface area contributed by atoms with E-state index >= 15 is 0 Å². The van der Waals surface area contributed by atoms with Crippen LogP contribution in [0.2, 0.25) is 0 Å². The van der Waals surface area contributed by atoms with Crippen molar-refractivity contribution in [2.75, 3.05) is 7.11 Å². The molecule has 90 valence electrons. The standard InChI is InChI=1S/C13H10N2O3/c1-18-11-4-2-3-9-8(11)5-6-15-10(13(16)17)7-14-12(9)15/h2-7H,1H3,(H,16,17). The Morgan fingerprint density at radius 3 is 2.89 bits per heavy atom. The number of hydrogen-bond acceptors (Lipinski definition) is 3. The van der Waals surface area contributed by atoms with E-state index in [1.807, 2.05) is 24.3 Å². The lowest BCUT2D eigenvalue weighted by Gasteiger charge is -2.06. The predicted octanol–water partition coefficient (Wildman–Crippen LogP) is 2.19. The Kier molecular flexibility index (Phi) is 2.19. The molecule has 0 bridgehead atoms. The van der Waals surface area contributed by atoms with Crippen LogP contribution in [0.25, 0.3) is 16.4 Å². The Labute approximate surface area is 102 Å². The molecule has 3 aromatic rings. The monoisotopic (exact) mass is 242 g/mol. The van der Waals surface area contributed by atoms with Crippen LogP contribution in [0.1, 0.15) is 10.5 Å². The van der Waals surface area contributed by atoms with Crippen molar-refractivity contribution in [1.82, 2.24) is 9.38 Å². The second-order valence-corrected chi connectivity index (χ2v) is 3.88. The van der Waals surface area contributed by atoms with Crippen molar-refractivity contribution in [2.45, 2.75) is 0 Å². The fourth-order valence-electron chi connectivity index (χ4n) is 2.11. The third kappa shape index (κ3) is 1.34. The summed E-state index contributed by atoms with van der Waals surface area (Å²) in [6.07, 6.45) is 3.05. The van der Waals surface area contributed by atoms with E-state index < -0.39 is 5.97 Å². The topological polar surface area (TPSA) is 63.8 Å². The minimum Gasteiger partial charge on any atom is -0.496 e. The quantitative estimate of drug-likeness (QED) is 0.748. The fraction of sp³-hybridized carbons (Fsp3) is 0.0769. The highest BCUT2D eigenvalue weighted by Gasteiger charge is 2.13. The van der Waals surface area contributed by atoms with E-state index in [9.17, 15) is 4.79 Å². The zero-order valence-corrected chi connectivity index (χ0v) is 9.62. The van der Waals surface area contributed by atoms with Crippen LogP contribution in [-0.2, 0) is 0 Å². The summed E-state index contributed by atoms with van der Waals surface area (Å²) in [4.78, 5) is 15.2. The molecule has 18 heavy (non-hydrogen) atoms. The van der Waals surface area contributed by atoms with Crippen LogP contribution in [0, 0.1) is 0 Å². The van der Waals surface area contributed by atoms with E-state index in [-0.39, 0.29) is 5.69 Å². The summed E-state index contributed by atoms with van der Waals surface area (Å²) in [6, 6.07) is 7.44. The first-order valence-corrected chi connectivity index (χ1v) is 5.38. The molecule has 0 aliphatic heterocycles. The van der Waals surface area contributed by atoms with Crippen molar-refractivity contribution in [3.05, 3.63) is 42.4 Å². The molecule has 1 N–H and O–H groups in total. The predicted molar refractivity (Wildman–Crippen MR) is 66.2 cm³/mol. The molecule has 3 rings (SSSR count). The first kappa shape index (κ1) is 10.6. The summed E-state index contributed by atoms with van der Waals surface area (Å²) >= 11 is 0. The van der Waals surface area contributed by atoms with E-state index in [0.717, 1.165) is 16.5 Å². The Hall–Kier alpha value is -2.56. The molecule has 0 saturated carbocycles. The van der Waals surface area contributed by atoms with Gasteiger partial charge in [-0.2, -0.15) is 0 Å². The third-order valence-electron chi connectivity index (χ3n) is 2.93. The van der Waals surface area contributed by atoms with Crippen molar-refractivity contribution in [2.24, 2.45) is 0 Å². The SMILES string of the molecule is COc1cccc2c1ccn1c(C(=O)O)cnc21. The first-order chi connectivity index (χ1) is 8.72. The van der Waals surface area contributed by atoms with E-state index in [4.69, 9.17) is 9.84 Å². The van der Waals surface area contributed by atoms with Gasteiger partial charge >= 0.3 is 5.97 Å². The largest absolute Gasteiger partial charge is 0.496 e. The van der Waals surface area contributed by atoms with E-state index in [1.54, 1.807) is 17.7 Å². The van der Waals surface area contributed by atoms with Gasteiger partial charge in [0.2, 0.25) is 0 Å². The van der Waals surface area contributed by atoms with Crippen molar-refractivity contribution in [1.29, 1.82) is 0 Å². The number of methoxy groups -OCH3 is 1. The summed E-state index contributed by atoms with van der Waals surface area (Å²) in [7, 11) is 1.60. The molecule has 5 heteroatoms. The van der Waals surface area contributed by atoms with Gasteiger partial charge in [0.25, 0.3) is 0 Å². The summed E-state index contributed by atoms with van der Waals surface area (Å²) in [5.74, 6) is -0.250. The molecule has 0 amide bonds. The number of rotatable bonds is 2. The maximum absolute atomic E-state index is 11.0. The summed E-state index contributed by atoms with van der Waals surface area (Å²) in [6.45, 7) is 0. The number of carboxylic acid groups (broad SMARTS) is 1. The molecule has 0 saturated heterocycles. The number of hydrogen-bond donors (Lipinski definition) is 1. The number of aromatic nitrogens is 2. The molecule has 1 aromatic carbocycles. The zero-order valence-electron chi connectivity index (χ0n) is 9.62. The summed E-state index contributed by atoms with van der Waals surface area (Å²) in [5.41, 5.74) is 0.763. The highest BCUT2D eigenvalue weighted by atomic mass is 16.5. The van der Waals surface area contributed by atoms with Crippen molar-refractivity contribution in [3.63, 3.8) is 0 Å². The second kappa shape index (κ2) is 3.73. The molecule has 5 nitrogen and oxygen atoms in total. The van der Waals surface area contributed by atoms with Crippen LogP contribution in [0.4, 0.5) is 0 Å². The zero-order chi connectivity index (χ0) is 12.7. The van der Waals surface area contributed by atoms with Gasteiger partial charge in [-0.15, -0.1) is 0 Å². The number of carbonyl (C=O) groups is 1. The van der Waals surface area contributed by atoms with Gasteiger partial charge in [-0.1, -0.05) is 12.1 Å². The van der Waals surface area contributed by atoms with Crippen molar-refractivity contribution >= 4 is 22.4 Å². The molecule has 0 unspecified atom stereocenters. The molecule has 0 aliphatic rings. The molecule has 0 spiro atoms. The van der Waals surface area contributed by atoms with Gasteiger partial charge in [-0.05, 0) is 12.1 Å². The Morgan fingerprint density at radius 2 is 2.17 bits per heavy atom. The van der Waals surface area contributed by atoms with Gasteiger partial charge in [0.15, 0.2) is 5.69 Å². The van der Waals surface area contributed by atoms with Gasteiger partial charge in [-0.25, -0.2) is 9.78 Å². The Bertz CT molecular complexity index is 761. The lowest BCUT2D eigenvalue weighted by molar-refractivity contribution is 0.0689. The van der Waals surface area contributed by atoms with E-state index in [0.29, 0.717) is 5.65 Å². The number of aromatic carboxylic acids is 1. The molecule has 0 aliphatic carbocycles. The maximum Gasteiger partial charge on any atom is 0.354 e. The molecule has 0 atom stereocenters. The number of ether oxygens (including phenoxy) is 1. The number of imidazole rings is 1. The second-order valence-electron chi connectivity index (χ2n) is 3.88. The van der Waals surface area contributed by atoms with Gasteiger partial charge < -0.3 is 9.84 Å². The first-order valence-electron chi connectivity index (χ1n) is 5.38. The molecular weight excluding hydrogens is 232 g/mol. The Morgan fingerprint density at radius 1 is 1.33 bits per heavy atom. The van der Waals surface area contributed by atoms with Crippen LogP contribution in [0.3, 0.4) is 0 Å². The number of nitrogens with zero attached hydrogens (tertiary/aromatic N) is 2. The number of fused-ring (bicyclic) bond motifs is 3. The fourth-order valence-corrected chi connectivity index (χ4v) is 2.11. The van der Waals surface area contributed by atoms with Crippen LogP contribution in [0.15, 0.2) is 36.7 Å². The lowest BCUT2D eigenvalue weighted by Crippen LogP contribution is -2.01. The van der Waals surface area contributed by atoms with Gasteiger partial charge in [0, 0.05) is 17.0 Å². The molecule has 0 radical (unpaired) electrons. The third-order valence-corrected chi connectivity index (χ3v) is 2.93. The van der Waals surface area contributed by atoms with Crippen molar-refractivity contribution in [3.8, 4) is 5.75 Å².